The highest BCUT2D eigenvalue weighted by atomic mass is 32.2. The van der Waals surface area contributed by atoms with E-state index in [1.54, 1.807) is 23.5 Å². The zero-order valence-electron chi connectivity index (χ0n) is 14.7. The molecular weight excluding hydrogens is 368 g/mol. The summed E-state index contributed by atoms with van der Waals surface area (Å²) in [6, 6.07) is 9.08. The molecule has 1 saturated heterocycles. The lowest BCUT2D eigenvalue weighted by molar-refractivity contribution is -0.135. The van der Waals surface area contributed by atoms with Gasteiger partial charge in [-0.25, -0.2) is 8.42 Å². The van der Waals surface area contributed by atoms with Crippen molar-refractivity contribution in [3.8, 4) is 0 Å². The summed E-state index contributed by atoms with van der Waals surface area (Å²) in [5.41, 5.74) is 2.27. The number of hydrogen-bond acceptors (Lipinski definition) is 5. The Morgan fingerprint density at radius 2 is 1.92 bits per heavy atom. The van der Waals surface area contributed by atoms with Crippen molar-refractivity contribution in [3.63, 3.8) is 0 Å². The van der Waals surface area contributed by atoms with Crippen LogP contribution < -0.4 is 4.90 Å². The Morgan fingerprint density at radius 3 is 2.65 bits per heavy atom. The molecule has 4 rings (SSSR count). The first kappa shape index (κ1) is 17.5. The Balaban J connectivity index is 1.41. The van der Waals surface area contributed by atoms with Crippen LogP contribution in [0.5, 0.6) is 0 Å². The molecule has 1 aromatic heterocycles. The average Bonchev–Trinajstić information content (AvgIpc) is 3.29. The molecule has 7 heteroatoms. The topological polar surface area (TPSA) is 57.7 Å². The number of fused-ring (bicyclic) bond motifs is 1. The van der Waals surface area contributed by atoms with Crippen LogP contribution in [0.3, 0.4) is 0 Å². The first-order valence-corrected chi connectivity index (χ1v) is 11.6. The van der Waals surface area contributed by atoms with Gasteiger partial charge in [-0.05, 0) is 54.1 Å². The molecule has 26 heavy (non-hydrogen) atoms. The van der Waals surface area contributed by atoms with E-state index < -0.39 is 9.84 Å². The number of hydrogen-bond donors (Lipinski definition) is 0. The van der Waals surface area contributed by atoms with Crippen molar-refractivity contribution in [2.45, 2.75) is 24.3 Å². The molecule has 2 aromatic rings. The number of rotatable bonds is 3. The van der Waals surface area contributed by atoms with Crippen molar-refractivity contribution >= 4 is 32.8 Å². The van der Waals surface area contributed by atoms with E-state index in [0.717, 1.165) is 38.2 Å². The van der Waals surface area contributed by atoms with Gasteiger partial charge in [0.15, 0.2) is 9.84 Å². The largest absolute Gasteiger partial charge is 0.371 e. The maximum atomic E-state index is 12.9. The van der Waals surface area contributed by atoms with E-state index >= 15 is 0 Å². The number of thiophene rings is 1. The molecule has 0 radical (unpaired) electrons. The van der Waals surface area contributed by atoms with Crippen LogP contribution in [0.25, 0.3) is 0 Å². The lowest BCUT2D eigenvalue weighted by Crippen LogP contribution is -2.40. The SMILES string of the molecule is CS(=O)(=O)c1ccc(N2CCC(C(=O)N3CCc4sccc4C3)C2)cc1. The number of carbonyl (C=O) groups is 1. The number of sulfone groups is 1. The summed E-state index contributed by atoms with van der Waals surface area (Å²) in [5.74, 6) is 0.266. The highest BCUT2D eigenvalue weighted by Gasteiger charge is 2.33. The normalized spacial score (nSPS) is 20.3. The minimum absolute atomic E-state index is 0.0183. The maximum Gasteiger partial charge on any atom is 0.227 e. The van der Waals surface area contributed by atoms with Crippen molar-refractivity contribution in [3.05, 3.63) is 46.2 Å². The summed E-state index contributed by atoms with van der Waals surface area (Å²) in [5, 5.41) is 2.11. The van der Waals surface area contributed by atoms with Crippen LogP contribution in [0.1, 0.15) is 16.9 Å². The molecule has 1 aromatic carbocycles. The molecule has 1 amide bonds. The molecule has 0 N–H and O–H groups in total. The molecule has 0 saturated carbocycles. The predicted octanol–water partition coefficient (Wildman–Crippen LogP) is 2.56. The summed E-state index contributed by atoms with van der Waals surface area (Å²) < 4.78 is 23.2. The monoisotopic (exact) mass is 390 g/mol. The molecule has 2 aliphatic heterocycles. The van der Waals surface area contributed by atoms with Crippen LogP contribution in [-0.2, 0) is 27.6 Å². The van der Waals surface area contributed by atoms with Gasteiger partial charge < -0.3 is 9.80 Å². The molecule has 1 atom stereocenters. The highest BCUT2D eigenvalue weighted by molar-refractivity contribution is 7.90. The molecule has 2 aliphatic rings. The Morgan fingerprint density at radius 1 is 1.15 bits per heavy atom. The summed E-state index contributed by atoms with van der Waals surface area (Å²) >= 11 is 1.78. The molecule has 1 fully saturated rings. The van der Waals surface area contributed by atoms with E-state index in [-0.39, 0.29) is 11.8 Å². The quantitative estimate of drug-likeness (QED) is 0.808. The molecule has 0 aliphatic carbocycles. The van der Waals surface area contributed by atoms with Gasteiger partial charge in [0, 0.05) is 43.0 Å². The summed E-state index contributed by atoms with van der Waals surface area (Å²) in [4.78, 5) is 18.8. The summed E-state index contributed by atoms with van der Waals surface area (Å²) in [6.45, 7) is 3.07. The van der Waals surface area contributed by atoms with E-state index in [9.17, 15) is 13.2 Å². The van der Waals surface area contributed by atoms with Crippen LogP contribution in [0.4, 0.5) is 5.69 Å². The molecule has 0 spiro atoms. The lowest BCUT2D eigenvalue weighted by Gasteiger charge is -2.29. The fourth-order valence-corrected chi connectivity index (χ4v) is 5.32. The van der Waals surface area contributed by atoms with Gasteiger partial charge in [-0.3, -0.25) is 4.79 Å². The average molecular weight is 391 g/mol. The first-order chi connectivity index (χ1) is 12.4. The van der Waals surface area contributed by atoms with E-state index in [1.165, 1.54) is 16.7 Å². The van der Waals surface area contributed by atoms with Gasteiger partial charge in [-0.15, -0.1) is 11.3 Å². The highest BCUT2D eigenvalue weighted by Crippen LogP contribution is 2.29. The smallest absolute Gasteiger partial charge is 0.227 e. The number of amides is 1. The second-order valence-corrected chi connectivity index (χ2v) is 10.1. The van der Waals surface area contributed by atoms with Gasteiger partial charge in [0.05, 0.1) is 10.8 Å². The zero-order chi connectivity index (χ0) is 18.3. The van der Waals surface area contributed by atoms with Crippen molar-refractivity contribution in [2.75, 3.05) is 30.8 Å². The zero-order valence-corrected chi connectivity index (χ0v) is 16.4. The van der Waals surface area contributed by atoms with E-state index in [2.05, 4.69) is 16.3 Å². The third-order valence-electron chi connectivity index (χ3n) is 5.29. The molecule has 1 unspecified atom stereocenters. The minimum Gasteiger partial charge on any atom is -0.371 e. The second kappa shape index (κ2) is 6.70. The van der Waals surface area contributed by atoms with Crippen LogP contribution in [0, 0.1) is 5.92 Å². The number of carbonyl (C=O) groups excluding carboxylic acids is 1. The van der Waals surface area contributed by atoms with Gasteiger partial charge >= 0.3 is 0 Å². The van der Waals surface area contributed by atoms with E-state index in [1.807, 2.05) is 17.0 Å². The maximum absolute atomic E-state index is 12.9. The summed E-state index contributed by atoms with van der Waals surface area (Å²) in [7, 11) is -3.18. The Bertz CT molecular complexity index is 919. The standard InChI is InChI=1S/C19H22N2O3S2/c1-26(23,24)17-4-2-16(3-5-17)20-9-6-15(13-20)19(22)21-10-7-18-14(12-21)8-11-25-18/h2-5,8,11,15H,6-7,9-10,12-13H2,1H3. The van der Waals surface area contributed by atoms with Crippen LogP contribution in [-0.4, -0.2) is 45.1 Å². The lowest BCUT2D eigenvalue weighted by atomic mass is 10.0. The van der Waals surface area contributed by atoms with Crippen molar-refractivity contribution in [1.29, 1.82) is 0 Å². The van der Waals surface area contributed by atoms with Gasteiger partial charge in [-0.2, -0.15) is 0 Å². The van der Waals surface area contributed by atoms with Gasteiger partial charge in [0.25, 0.3) is 0 Å². The fourth-order valence-electron chi connectivity index (χ4n) is 3.80. The van der Waals surface area contributed by atoms with Crippen molar-refractivity contribution < 1.29 is 13.2 Å². The number of nitrogens with zero attached hydrogens (tertiary/aromatic N) is 2. The number of anilines is 1. The molecule has 5 nitrogen and oxygen atoms in total. The molecule has 0 bridgehead atoms. The molecule has 3 heterocycles. The number of benzene rings is 1. The van der Waals surface area contributed by atoms with Crippen molar-refractivity contribution in [2.24, 2.45) is 5.92 Å². The molecule has 138 valence electrons. The Kier molecular flexibility index (Phi) is 4.52. The van der Waals surface area contributed by atoms with Gasteiger partial charge in [-0.1, -0.05) is 0 Å². The van der Waals surface area contributed by atoms with Gasteiger partial charge in [0.2, 0.25) is 5.91 Å². The van der Waals surface area contributed by atoms with E-state index in [4.69, 9.17) is 0 Å². The van der Waals surface area contributed by atoms with E-state index in [0.29, 0.717) is 11.4 Å². The third kappa shape index (κ3) is 3.38. The third-order valence-corrected chi connectivity index (χ3v) is 7.44. The van der Waals surface area contributed by atoms with Crippen LogP contribution in [0.15, 0.2) is 40.6 Å². The Hall–Kier alpha value is -1.86. The predicted molar refractivity (Wildman–Crippen MR) is 103 cm³/mol. The Labute approximate surface area is 158 Å². The van der Waals surface area contributed by atoms with Crippen LogP contribution in [0.2, 0.25) is 0 Å². The van der Waals surface area contributed by atoms with Crippen molar-refractivity contribution in [1.82, 2.24) is 4.90 Å². The minimum atomic E-state index is -3.18. The summed E-state index contributed by atoms with van der Waals surface area (Å²) in [6.07, 6.45) is 3.02. The first-order valence-electron chi connectivity index (χ1n) is 8.81. The molecular formula is C19H22N2O3S2. The van der Waals surface area contributed by atoms with Gasteiger partial charge in [0.1, 0.15) is 0 Å². The fraction of sp³-hybridized carbons (Fsp3) is 0.421. The second-order valence-electron chi connectivity index (χ2n) is 7.08. The van der Waals surface area contributed by atoms with Crippen LogP contribution >= 0.6 is 11.3 Å².